The first-order valence-corrected chi connectivity index (χ1v) is 7.00. The molecule has 1 aromatic heterocycles. The molecule has 0 aliphatic heterocycles. The molecule has 0 saturated heterocycles. The summed E-state index contributed by atoms with van der Waals surface area (Å²) in [6, 6.07) is 4.53. The molecule has 1 heterocycles. The number of aryl methyl sites for hydroxylation is 1. The van der Waals surface area contributed by atoms with E-state index in [0.29, 0.717) is 11.1 Å². The van der Waals surface area contributed by atoms with Crippen LogP contribution in [0, 0.1) is 6.92 Å². The van der Waals surface area contributed by atoms with Gasteiger partial charge in [-0.25, -0.2) is 4.98 Å². The zero-order chi connectivity index (χ0) is 16.7. The Kier molecular flexibility index (Phi) is 4.18. The maximum atomic E-state index is 13.5. The first kappa shape index (κ1) is 16.3. The van der Waals surface area contributed by atoms with Crippen LogP contribution in [-0.4, -0.2) is 12.0 Å². The third-order valence-corrected chi connectivity index (χ3v) is 3.87. The van der Waals surface area contributed by atoms with Gasteiger partial charge in [0.05, 0.1) is 11.1 Å². The SMILES string of the molecule is CNc1cc(C(F)(F)F)c2c(C(C)=C(C)C)c(C)ccc2n1. The lowest BCUT2D eigenvalue weighted by molar-refractivity contribution is -0.136. The maximum Gasteiger partial charge on any atom is 0.417 e. The number of nitrogens with zero attached hydrogens (tertiary/aromatic N) is 1. The van der Waals surface area contributed by atoms with Crippen molar-refractivity contribution in [3.8, 4) is 0 Å². The van der Waals surface area contributed by atoms with E-state index in [-0.39, 0.29) is 11.2 Å². The molecular weight excluding hydrogens is 289 g/mol. The molecule has 1 aromatic carbocycles. The van der Waals surface area contributed by atoms with Crippen molar-refractivity contribution >= 4 is 22.3 Å². The Balaban J connectivity index is 3.03. The van der Waals surface area contributed by atoms with Crippen LogP contribution in [0.1, 0.15) is 37.5 Å². The second-order valence-corrected chi connectivity index (χ2v) is 5.58. The minimum absolute atomic E-state index is 0.171. The average molecular weight is 308 g/mol. The Labute approximate surface area is 128 Å². The lowest BCUT2D eigenvalue weighted by atomic mass is 9.91. The molecule has 0 bridgehead atoms. The molecule has 0 saturated carbocycles. The number of hydrogen-bond donors (Lipinski definition) is 1. The number of alkyl halides is 3. The van der Waals surface area contributed by atoms with Gasteiger partial charge in [-0.15, -0.1) is 0 Å². The molecule has 5 heteroatoms. The number of allylic oxidation sites excluding steroid dienone is 2. The predicted octanol–water partition coefficient (Wildman–Crippen LogP) is 5.42. The number of pyridine rings is 1. The molecule has 22 heavy (non-hydrogen) atoms. The number of anilines is 1. The summed E-state index contributed by atoms with van der Waals surface area (Å²) in [5, 5.41) is 2.87. The molecule has 0 amide bonds. The second-order valence-electron chi connectivity index (χ2n) is 5.58. The topological polar surface area (TPSA) is 24.9 Å². The standard InChI is InChI=1S/C17H19F3N2/c1-9(2)11(4)15-10(3)6-7-13-16(15)12(17(18,19)20)8-14(21-5)22-13/h6-8H,1-5H3,(H,21,22). The zero-order valence-corrected chi connectivity index (χ0v) is 13.3. The average Bonchev–Trinajstić information content (AvgIpc) is 2.44. The summed E-state index contributed by atoms with van der Waals surface area (Å²) >= 11 is 0. The fourth-order valence-electron chi connectivity index (χ4n) is 2.52. The number of aromatic nitrogens is 1. The number of rotatable bonds is 2. The molecule has 2 nitrogen and oxygen atoms in total. The van der Waals surface area contributed by atoms with Crippen LogP contribution in [0.2, 0.25) is 0 Å². The van der Waals surface area contributed by atoms with Gasteiger partial charge in [0, 0.05) is 12.4 Å². The molecule has 0 unspecified atom stereocenters. The van der Waals surface area contributed by atoms with Gasteiger partial charge in [0.15, 0.2) is 0 Å². The number of hydrogen-bond acceptors (Lipinski definition) is 2. The van der Waals surface area contributed by atoms with E-state index in [2.05, 4.69) is 10.3 Å². The molecule has 0 fully saturated rings. The van der Waals surface area contributed by atoms with Gasteiger partial charge < -0.3 is 5.32 Å². The van der Waals surface area contributed by atoms with Gasteiger partial charge in [0.1, 0.15) is 5.82 Å². The minimum atomic E-state index is -4.43. The Morgan fingerprint density at radius 3 is 2.27 bits per heavy atom. The summed E-state index contributed by atoms with van der Waals surface area (Å²) in [6.07, 6.45) is -4.43. The van der Waals surface area contributed by atoms with Gasteiger partial charge in [-0.1, -0.05) is 11.6 Å². The van der Waals surface area contributed by atoms with Crippen LogP contribution in [0.25, 0.3) is 16.5 Å². The zero-order valence-electron chi connectivity index (χ0n) is 13.3. The molecule has 0 radical (unpaired) electrons. The normalized spacial score (nSPS) is 11.6. The van der Waals surface area contributed by atoms with E-state index in [0.717, 1.165) is 22.8 Å². The van der Waals surface area contributed by atoms with Gasteiger partial charge in [-0.3, -0.25) is 0 Å². The van der Waals surface area contributed by atoms with Crippen LogP contribution in [0.4, 0.5) is 19.0 Å². The molecule has 0 aliphatic carbocycles. The van der Waals surface area contributed by atoms with Gasteiger partial charge >= 0.3 is 6.18 Å². The molecule has 0 spiro atoms. The van der Waals surface area contributed by atoms with Crippen LogP contribution < -0.4 is 5.32 Å². The Morgan fingerprint density at radius 1 is 1.14 bits per heavy atom. The van der Waals surface area contributed by atoms with E-state index in [1.165, 1.54) is 0 Å². The van der Waals surface area contributed by atoms with Crippen LogP contribution in [0.3, 0.4) is 0 Å². The van der Waals surface area contributed by atoms with Crippen molar-refractivity contribution in [2.45, 2.75) is 33.9 Å². The molecule has 0 aliphatic rings. The van der Waals surface area contributed by atoms with Gasteiger partial charge in [-0.2, -0.15) is 13.2 Å². The molecular formula is C17H19F3N2. The summed E-state index contributed by atoms with van der Waals surface area (Å²) in [5.41, 5.74) is 2.98. The molecule has 2 rings (SSSR count). The van der Waals surface area contributed by atoms with E-state index in [1.807, 2.05) is 33.8 Å². The third-order valence-electron chi connectivity index (χ3n) is 3.87. The summed E-state index contributed by atoms with van der Waals surface area (Å²) in [4.78, 5) is 4.28. The largest absolute Gasteiger partial charge is 0.417 e. The number of fused-ring (bicyclic) bond motifs is 1. The van der Waals surface area contributed by atoms with Crippen molar-refractivity contribution in [1.82, 2.24) is 4.98 Å². The van der Waals surface area contributed by atoms with Crippen molar-refractivity contribution in [2.75, 3.05) is 12.4 Å². The fourth-order valence-corrected chi connectivity index (χ4v) is 2.52. The summed E-state index contributed by atoms with van der Waals surface area (Å²) in [6.45, 7) is 7.48. The highest BCUT2D eigenvalue weighted by molar-refractivity contribution is 5.97. The van der Waals surface area contributed by atoms with Crippen LogP contribution in [-0.2, 0) is 6.18 Å². The molecule has 2 aromatic rings. The monoisotopic (exact) mass is 308 g/mol. The van der Waals surface area contributed by atoms with Gasteiger partial charge in [-0.05, 0) is 56.5 Å². The van der Waals surface area contributed by atoms with Gasteiger partial charge in [0.25, 0.3) is 0 Å². The van der Waals surface area contributed by atoms with Crippen LogP contribution in [0.5, 0.6) is 0 Å². The van der Waals surface area contributed by atoms with Crippen molar-refractivity contribution in [2.24, 2.45) is 0 Å². The third kappa shape index (κ3) is 2.80. The highest BCUT2D eigenvalue weighted by Gasteiger charge is 2.34. The van der Waals surface area contributed by atoms with Crippen molar-refractivity contribution in [3.63, 3.8) is 0 Å². The molecule has 1 N–H and O–H groups in total. The van der Waals surface area contributed by atoms with Gasteiger partial charge in [0.2, 0.25) is 0 Å². The van der Waals surface area contributed by atoms with E-state index in [9.17, 15) is 13.2 Å². The van der Waals surface area contributed by atoms with E-state index in [4.69, 9.17) is 0 Å². The van der Waals surface area contributed by atoms with E-state index >= 15 is 0 Å². The predicted molar refractivity (Wildman–Crippen MR) is 85.0 cm³/mol. The van der Waals surface area contributed by atoms with Crippen molar-refractivity contribution in [1.29, 1.82) is 0 Å². The van der Waals surface area contributed by atoms with Crippen LogP contribution >= 0.6 is 0 Å². The Bertz CT molecular complexity index is 755. The Morgan fingerprint density at radius 2 is 1.77 bits per heavy atom. The quantitative estimate of drug-likeness (QED) is 0.801. The highest BCUT2D eigenvalue weighted by Crippen LogP contribution is 2.40. The molecule has 118 valence electrons. The lowest BCUT2D eigenvalue weighted by Gasteiger charge is -2.18. The summed E-state index contributed by atoms with van der Waals surface area (Å²) < 4.78 is 40.6. The maximum absolute atomic E-state index is 13.5. The summed E-state index contributed by atoms with van der Waals surface area (Å²) in [7, 11) is 1.56. The van der Waals surface area contributed by atoms with Crippen molar-refractivity contribution < 1.29 is 13.2 Å². The lowest BCUT2D eigenvalue weighted by Crippen LogP contribution is -2.10. The van der Waals surface area contributed by atoms with E-state index < -0.39 is 11.7 Å². The number of halogens is 3. The Hall–Kier alpha value is -2.04. The number of benzene rings is 1. The second kappa shape index (κ2) is 5.63. The minimum Gasteiger partial charge on any atom is -0.373 e. The van der Waals surface area contributed by atoms with Crippen LogP contribution in [0.15, 0.2) is 23.8 Å². The highest BCUT2D eigenvalue weighted by atomic mass is 19.4. The molecule has 0 atom stereocenters. The first-order chi connectivity index (χ1) is 10.2. The summed E-state index contributed by atoms with van der Waals surface area (Å²) in [5.74, 6) is 0.212. The fraction of sp³-hybridized carbons (Fsp3) is 0.353. The first-order valence-electron chi connectivity index (χ1n) is 7.00. The smallest absolute Gasteiger partial charge is 0.373 e. The van der Waals surface area contributed by atoms with Crippen molar-refractivity contribution in [3.05, 3.63) is 40.5 Å². The number of nitrogens with one attached hydrogen (secondary N) is 1. The van der Waals surface area contributed by atoms with E-state index in [1.54, 1.807) is 13.1 Å².